The molecule has 1 N–H and O–H groups in total. The van der Waals surface area contributed by atoms with Gasteiger partial charge in [-0.15, -0.1) is 0 Å². The van der Waals surface area contributed by atoms with E-state index < -0.39 is 0 Å². The molecule has 9 aromatic carbocycles. The van der Waals surface area contributed by atoms with E-state index in [1.54, 1.807) is 0 Å². The van der Waals surface area contributed by atoms with Crippen LogP contribution >= 0.6 is 0 Å². The van der Waals surface area contributed by atoms with Gasteiger partial charge in [0.15, 0.2) is 0 Å². The molecule has 11 aromatic rings. The van der Waals surface area contributed by atoms with Crippen LogP contribution in [0.1, 0.15) is 0 Å². The van der Waals surface area contributed by atoms with Crippen LogP contribution in [0, 0.1) is 0 Å². The van der Waals surface area contributed by atoms with Crippen LogP contribution in [-0.4, -0.2) is 4.57 Å². The van der Waals surface area contributed by atoms with Crippen molar-refractivity contribution in [2.75, 3.05) is 5.32 Å². The van der Waals surface area contributed by atoms with Crippen molar-refractivity contribution in [1.82, 2.24) is 4.57 Å². The maximum Gasteiger partial charge on any atom is 0.136 e. The lowest BCUT2D eigenvalue weighted by Gasteiger charge is -2.16. The molecule has 2 heterocycles. The van der Waals surface area contributed by atoms with Crippen LogP contribution in [-0.2, 0) is 0 Å². The van der Waals surface area contributed by atoms with Crippen LogP contribution in [0.3, 0.4) is 0 Å². The summed E-state index contributed by atoms with van der Waals surface area (Å²) in [6.45, 7) is 0. The molecule has 0 amide bonds. The van der Waals surface area contributed by atoms with Crippen molar-refractivity contribution in [3.63, 3.8) is 0 Å². The van der Waals surface area contributed by atoms with Crippen molar-refractivity contribution in [3.8, 4) is 50.2 Å². The molecule has 0 aliphatic carbocycles. The molecule has 2 aromatic heterocycles. The number of para-hydroxylation sites is 3. The minimum atomic E-state index is 0.890. The van der Waals surface area contributed by atoms with E-state index in [-0.39, 0.29) is 0 Å². The van der Waals surface area contributed by atoms with E-state index in [2.05, 4.69) is 210 Å². The Labute approximate surface area is 330 Å². The highest BCUT2D eigenvalue weighted by Gasteiger charge is 2.16. The van der Waals surface area contributed by atoms with Crippen LogP contribution in [0.5, 0.6) is 0 Å². The normalized spacial score (nSPS) is 11.5. The van der Waals surface area contributed by atoms with Crippen molar-refractivity contribution >= 4 is 55.1 Å². The second kappa shape index (κ2) is 13.6. The topological polar surface area (TPSA) is 30.1 Å². The zero-order valence-corrected chi connectivity index (χ0v) is 31.1. The first-order chi connectivity index (χ1) is 28.2. The number of benzene rings is 9. The van der Waals surface area contributed by atoms with Crippen molar-refractivity contribution < 1.29 is 4.42 Å². The van der Waals surface area contributed by atoms with Gasteiger partial charge in [-0.05, 0) is 118 Å². The molecule has 0 saturated heterocycles. The number of nitrogens with zero attached hydrogens (tertiary/aromatic N) is 1. The van der Waals surface area contributed by atoms with E-state index in [0.717, 1.165) is 66.8 Å². The molecule has 0 radical (unpaired) electrons. The molecule has 57 heavy (non-hydrogen) atoms. The second-order valence-electron chi connectivity index (χ2n) is 14.6. The lowest BCUT2D eigenvalue weighted by molar-refractivity contribution is 0.669. The number of fused-ring (bicyclic) bond motifs is 6. The summed E-state index contributed by atoms with van der Waals surface area (Å²) >= 11 is 0. The van der Waals surface area contributed by atoms with Gasteiger partial charge in [-0.25, -0.2) is 0 Å². The first-order valence-corrected chi connectivity index (χ1v) is 19.4. The molecule has 0 atom stereocenters. The Bertz CT molecular complexity index is 3260. The summed E-state index contributed by atoms with van der Waals surface area (Å²) in [6, 6.07) is 75.8. The van der Waals surface area contributed by atoms with E-state index in [9.17, 15) is 0 Å². The number of hydrogen-bond donors (Lipinski definition) is 1. The number of rotatable bonds is 7. The van der Waals surface area contributed by atoms with Crippen LogP contribution in [0.15, 0.2) is 217 Å². The highest BCUT2D eigenvalue weighted by atomic mass is 16.3. The SMILES string of the molecule is c1ccc(-c2cccc(Nc3ccc(-c4ccc5c(c4)oc4ccccc45)cc3-c3cccc(-c4ccc5c(c4)c4ccccc4n5-c4ccccc4)c3)c2)cc1. The van der Waals surface area contributed by atoms with Crippen molar-refractivity contribution in [2.45, 2.75) is 0 Å². The summed E-state index contributed by atoms with van der Waals surface area (Å²) in [4.78, 5) is 0. The highest BCUT2D eigenvalue weighted by molar-refractivity contribution is 6.10. The lowest BCUT2D eigenvalue weighted by atomic mass is 9.94. The number of hydrogen-bond acceptors (Lipinski definition) is 2. The molecular weight excluding hydrogens is 693 g/mol. The first kappa shape index (κ1) is 32.8. The third kappa shape index (κ3) is 5.85. The summed E-state index contributed by atoms with van der Waals surface area (Å²) in [6.07, 6.45) is 0. The molecule has 11 rings (SSSR count). The first-order valence-electron chi connectivity index (χ1n) is 19.4. The molecule has 0 aliphatic rings. The molecule has 268 valence electrons. The Kier molecular flexibility index (Phi) is 7.82. The number of anilines is 2. The number of aromatic nitrogens is 1. The van der Waals surface area contributed by atoms with Crippen LogP contribution in [0.2, 0.25) is 0 Å². The molecule has 3 nitrogen and oxygen atoms in total. The second-order valence-corrected chi connectivity index (χ2v) is 14.6. The Morgan fingerprint density at radius 3 is 1.81 bits per heavy atom. The van der Waals surface area contributed by atoms with Gasteiger partial charge in [0, 0.05) is 44.2 Å². The third-order valence-corrected chi connectivity index (χ3v) is 11.2. The van der Waals surface area contributed by atoms with Crippen molar-refractivity contribution in [3.05, 3.63) is 212 Å². The van der Waals surface area contributed by atoms with Gasteiger partial charge in [-0.2, -0.15) is 0 Å². The molecule has 0 bridgehead atoms. The third-order valence-electron chi connectivity index (χ3n) is 11.2. The maximum absolute atomic E-state index is 6.31. The molecular formula is C54H36N2O. The Morgan fingerprint density at radius 2 is 0.930 bits per heavy atom. The summed E-state index contributed by atoms with van der Waals surface area (Å²) in [5, 5.41) is 8.55. The zero-order chi connectivity index (χ0) is 37.7. The zero-order valence-electron chi connectivity index (χ0n) is 31.1. The predicted octanol–water partition coefficient (Wildman–Crippen LogP) is 15.1. The summed E-state index contributed by atoms with van der Waals surface area (Å²) in [5.74, 6) is 0. The van der Waals surface area contributed by atoms with Gasteiger partial charge in [-0.1, -0.05) is 133 Å². The average Bonchev–Trinajstić information content (AvgIpc) is 3.82. The Balaban J connectivity index is 1.03. The van der Waals surface area contributed by atoms with Gasteiger partial charge in [0.1, 0.15) is 11.2 Å². The van der Waals surface area contributed by atoms with E-state index in [4.69, 9.17) is 4.42 Å². The van der Waals surface area contributed by atoms with Crippen molar-refractivity contribution in [1.29, 1.82) is 0 Å². The van der Waals surface area contributed by atoms with Gasteiger partial charge in [0.2, 0.25) is 0 Å². The predicted molar refractivity (Wildman–Crippen MR) is 240 cm³/mol. The Morgan fingerprint density at radius 1 is 0.333 bits per heavy atom. The average molecular weight is 729 g/mol. The van der Waals surface area contributed by atoms with Crippen LogP contribution in [0.25, 0.3) is 93.9 Å². The fraction of sp³-hybridized carbons (Fsp3) is 0. The molecule has 0 aliphatic heterocycles. The number of nitrogens with one attached hydrogen (secondary N) is 1. The molecule has 0 unspecified atom stereocenters. The quantitative estimate of drug-likeness (QED) is 0.177. The highest BCUT2D eigenvalue weighted by Crippen LogP contribution is 2.40. The van der Waals surface area contributed by atoms with E-state index >= 15 is 0 Å². The molecule has 0 spiro atoms. The molecule has 0 fully saturated rings. The largest absolute Gasteiger partial charge is 0.456 e. The van der Waals surface area contributed by atoms with Crippen LogP contribution in [0.4, 0.5) is 11.4 Å². The maximum atomic E-state index is 6.31. The smallest absolute Gasteiger partial charge is 0.136 e. The lowest BCUT2D eigenvalue weighted by Crippen LogP contribution is -1.95. The van der Waals surface area contributed by atoms with Gasteiger partial charge in [-0.3, -0.25) is 0 Å². The van der Waals surface area contributed by atoms with E-state index in [1.807, 2.05) is 12.1 Å². The number of furan rings is 1. The minimum absolute atomic E-state index is 0.890. The fourth-order valence-electron chi connectivity index (χ4n) is 8.41. The van der Waals surface area contributed by atoms with Gasteiger partial charge < -0.3 is 14.3 Å². The fourth-order valence-corrected chi connectivity index (χ4v) is 8.41. The van der Waals surface area contributed by atoms with E-state index in [1.165, 1.54) is 38.5 Å². The summed E-state index contributed by atoms with van der Waals surface area (Å²) in [7, 11) is 0. The minimum Gasteiger partial charge on any atom is -0.456 e. The molecule has 0 saturated carbocycles. The summed E-state index contributed by atoms with van der Waals surface area (Å²) in [5.41, 5.74) is 16.6. The van der Waals surface area contributed by atoms with Gasteiger partial charge in [0.05, 0.1) is 11.0 Å². The Hall–Kier alpha value is -7.62. The monoisotopic (exact) mass is 728 g/mol. The van der Waals surface area contributed by atoms with Crippen LogP contribution < -0.4 is 5.32 Å². The van der Waals surface area contributed by atoms with Crippen molar-refractivity contribution in [2.24, 2.45) is 0 Å². The van der Waals surface area contributed by atoms with E-state index in [0.29, 0.717) is 0 Å². The van der Waals surface area contributed by atoms with Gasteiger partial charge >= 0.3 is 0 Å². The van der Waals surface area contributed by atoms with Gasteiger partial charge in [0.25, 0.3) is 0 Å². The molecule has 3 heteroatoms. The standard InChI is InChI=1S/C54H36N2O/c1-3-13-36(14-4-1)38-16-12-18-43(32-38)55-50-29-26-39(41-25-28-47-46-22-8-10-24-53(46)57-54(47)35-41)33-48(50)42-17-11-15-37(31-42)40-27-30-52-49(34-40)45-21-7-9-23-51(45)56(52)44-19-5-2-6-20-44/h1-35,55H. The summed E-state index contributed by atoms with van der Waals surface area (Å²) < 4.78 is 8.68.